The Morgan fingerprint density at radius 1 is 1.29 bits per heavy atom. The van der Waals surface area contributed by atoms with Crippen LogP contribution >= 0.6 is 0 Å². The molecule has 1 heteroatoms. The summed E-state index contributed by atoms with van der Waals surface area (Å²) in [5.74, 6) is 0. The highest BCUT2D eigenvalue weighted by atomic mass is 14.7. The summed E-state index contributed by atoms with van der Waals surface area (Å²) in [5, 5.41) is 0. The summed E-state index contributed by atoms with van der Waals surface area (Å²) >= 11 is 0. The van der Waals surface area contributed by atoms with E-state index in [1.165, 1.54) is 0 Å². The topological polar surface area (TPSA) is 12.4 Å². The maximum atomic E-state index is 4.37. The third-order valence-corrected chi connectivity index (χ3v) is 2.17. The predicted molar refractivity (Wildman–Crippen MR) is 63.2 cm³/mol. The highest BCUT2D eigenvalue weighted by molar-refractivity contribution is 5.64. The van der Waals surface area contributed by atoms with Crippen molar-refractivity contribution in [3.8, 4) is 0 Å². The Bertz CT molecular complexity index is 309. The van der Waals surface area contributed by atoms with E-state index in [9.17, 15) is 0 Å². The average molecular weight is 187 g/mol. The molecule has 0 spiro atoms. The minimum absolute atomic E-state index is 0.137. The molecule has 0 aromatic heterocycles. The molecule has 1 aromatic rings. The molecule has 74 valence electrons. The second-order valence-corrected chi connectivity index (χ2v) is 4.04. The van der Waals surface area contributed by atoms with E-state index in [4.69, 9.17) is 0 Å². The predicted octanol–water partition coefficient (Wildman–Crippen LogP) is 3.99. The normalized spacial score (nSPS) is 11.9. The molecular formula is C13H17N. The van der Waals surface area contributed by atoms with Crippen molar-refractivity contribution in [2.75, 3.05) is 0 Å². The summed E-state index contributed by atoms with van der Waals surface area (Å²) in [6.45, 7) is 8.10. The molecular weight excluding hydrogens is 170 g/mol. The number of benzene rings is 1. The first-order chi connectivity index (χ1) is 6.64. The van der Waals surface area contributed by atoms with Gasteiger partial charge in [-0.25, -0.2) is 0 Å². The van der Waals surface area contributed by atoms with Crippen molar-refractivity contribution < 1.29 is 0 Å². The molecule has 0 heterocycles. The van der Waals surface area contributed by atoms with Gasteiger partial charge in [-0.1, -0.05) is 38.1 Å². The van der Waals surface area contributed by atoms with Crippen LogP contribution < -0.4 is 0 Å². The van der Waals surface area contributed by atoms with Crippen molar-refractivity contribution in [1.82, 2.24) is 0 Å². The van der Waals surface area contributed by atoms with Crippen LogP contribution in [0.15, 0.2) is 48.0 Å². The van der Waals surface area contributed by atoms with Crippen LogP contribution in [-0.2, 0) is 0 Å². The molecule has 14 heavy (non-hydrogen) atoms. The van der Waals surface area contributed by atoms with E-state index in [1.807, 2.05) is 42.6 Å². The van der Waals surface area contributed by atoms with Gasteiger partial charge in [-0.05, 0) is 24.0 Å². The minimum atomic E-state index is 0.137. The molecule has 0 atom stereocenters. The van der Waals surface area contributed by atoms with Crippen LogP contribution in [-0.4, -0.2) is 6.21 Å². The summed E-state index contributed by atoms with van der Waals surface area (Å²) in [6, 6.07) is 9.97. The Hall–Kier alpha value is -1.37. The van der Waals surface area contributed by atoms with Crippen molar-refractivity contribution in [3.05, 3.63) is 43.0 Å². The quantitative estimate of drug-likeness (QED) is 0.499. The number of para-hydroxylation sites is 1. The van der Waals surface area contributed by atoms with Crippen LogP contribution in [0.1, 0.15) is 20.3 Å². The Kier molecular flexibility index (Phi) is 3.63. The maximum Gasteiger partial charge on any atom is 0.0625 e. The molecule has 0 aliphatic rings. The van der Waals surface area contributed by atoms with E-state index in [0.717, 1.165) is 12.1 Å². The average Bonchev–Trinajstić information content (AvgIpc) is 2.19. The van der Waals surface area contributed by atoms with Crippen LogP contribution in [0.3, 0.4) is 0 Å². The van der Waals surface area contributed by atoms with Gasteiger partial charge < -0.3 is 0 Å². The number of allylic oxidation sites excluding steroid dienone is 1. The van der Waals surface area contributed by atoms with Crippen LogP contribution in [0.25, 0.3) is 0 Å². The van der Waals surface area contributed by atoms with Gasteiger partial charge in [-0.15, -0.1) is 6.58 Å². The highest BCUT2D eigenvalue weighted by Crippen LogP contribution is 2.20. The zero-order valence-electron chi connectivity index (χ0n) is 8.90. The minimum Gasteiger partial charge on any atom is -0.261 e. The van der Waals surface area contributed by atoms with Crippen LogP contribution in [0.5, 0.6) is 0 Å². The molecule has 0 radical (unpaired) electrons. The number of hydrogen-bond donors (Lipinski definition) is 0. The fourth-order valence-corrected chi connectivity index (χ4v) is 0.984. The van der Waals surface area contributed by atoms with E-state index >= 15 is 0 Å². The number of rotatable bonds is 4. The summed E-state index contributed by atoms with van der Waals surface area (Å²) in [6.07, 6.45) is 4.84. The molecule has 1 nitrogen and oxygen atoms in total. The van der Waals surface area contributed by atoms with Crippen molar-refractivity contribution in [2.45, 2.75) is 20.3 Å². The third-order valence-electron chi connectivity index (χ3n) is 2.17. The van der Waals surface area contributed by atoms with Crippen LogP contribution in [0.2, 0.25) is 0 Å². The van der Waals surface area contributed by atoms with Crippen molar-refractivity contribution in [3.63, 3.8) is 0 Å². The summed E-state index contributed by atoms with van der Waals surface area (Å²) in [7, 11) is 0. The Morgan fingerprint density at radius 3 is 2.50 bits per heavy atom. The zero-order chi connectivity index (χ0) is 10.4. The van der Waals surface area contributed by atoms with E-state index in [2.05, 4.69) is 25.4 Å². The van der Waals surface area contributed by atoms with Crippen molar-refractivity contribution in [1.29, 1.82) is 0 Å². The van der Waals surface area contributed by atoms with Gasteiger partial charge in [-0.2, -0.15) is 0 Å². The molecule has 0 unspecified atom stereocenters. The largest absolute Gasteiger partial charge is 0.261 e. The second kappa shape index (κ2) is 4.75. The van der Waals surface area contributed by atoms with Gasteiger partial charge in [0.15, 0.2) is 0 Å². The summed E-state index contributed by atoms with van der Waals surface area (Å²) in [4.78, 5) is 4.37. The lowest BCUT2D eigenvalue weighted by atomic mass is 9.90. The fraction of sp³-hybridized carbons (Fsp3) is 0.308. The second-order valence-electron chi connectivity index (χ2n) is 4.04. The van der Waals surface area contributed by atoms with Crippen molar-refractivity contribution in [2.24, 2.45) is 10.4 Å². The molecule has 0 aliphatic carbocycles. The van der Waals surface area contributed by atoms with E-state index in [0.29, 0.717) is 0 Å². The monoisotopic (exact) mass is 187 g/mol. The lowest BCUT2D eigenvalue weighted by Gasteiger charge is -2.15. The van der Waals surface area contributed by atoms with Gasteiger partial charge in [-0.3, -0.25) is 4.99 Å². The molecule has 0 fully saturated rings. The number of hydrogen-bond acceptors (Lipinski definition) is 1. The van der Waals surface area contributed by atoms with Crippen molar-refractivity contribution >= 4 is 11.9 Å². The third kappa shape index (κ3) is 3.56. The Labute approximate surface area is 86.2 Å². The van der Waals surface area contributed by atoms with Gasteiger partial charge in [0.1, 0.15) is 0 Å². The van der Waals surface area contributed by atoms with Gasteiger partial charge in [0.05, 0.1) is 5.69 Å². The first-order valence-corrected chi connectivity index (χ1v) is 4.85. The molecule has 0 aliphatic heterocycles. The summed E-state index contributed by atoms with van der Waals surface area (Å²) < 4.78 is 0. The van der Waals surface area contributed by atoms with Gasteiger partial charge >= 0.3 is 0 Å². The molecule has 0 saturated carbocycles. The maximum absolute atomic E-state index is 4.37. The SMILES string of the molecule is C=CC(C)(C)CC=Nc1ccccc1. The number of aliphatic imine (C=N–C) groups is 1. The molecule has 1 aromatic carbocycles. The van der Waals surface area contributed by atoms with Gasteiger partial charge in [0.25, 0.3) is 0 Å². The van der Waals surface area contributed by atoms with Gasteiger partial charge in [0.2, 0.25) is 0 Å². The van der Waals surface area contributed by atoms with Crippen LogP contribution in [0, 0.1) is 5.41 Å². The Morgan fingerprint density at radius 2 is 1.93 bits per heavy atom. The standard InChI is InChI=1S/C13H17N/c1-4-13(2,3)10-11-14-12-8-6-5-7-9-12/h4-9,11H,1,10H2,2-3H3. The molecule has 0 N–H and O–H groups in total. The zero-order valence-corrected chi connectivity index (χ0v) is 8.90. The fourth-order valence-electron chi connectivity index (χ4n) is 0.984. The smallest absolute Gasteiger partial charge is 0.0625 e. The van der Waals surface area contributed by atoms with Crippen LogP contribution in [0.4, 0.5) is 5.69 Å². The molecule has 0 bridgehead atoms. The molecule has 1 rings (SSSR count). The first kappa shape index (κ1) is 10.7. The van der Waals surface area contributed by atoms with E-state index < -0.39 is 0 Å². The summed E-state index contributed by atoms with van der Waals surface area (Å²) in [5.41, 5.74) is 1.14. The van der Waals surface area contributed by atoms with E-state index in [-0.39, 0.29) is 5.41 Å². The lowest BCUT2D eigenvalue weighted by molar-refractivity contribution is 0.510. The first-order valence-electron chi connectivity index (χ1n) is 4.85. The van der Waals surface area contributed by atoms with E-state index in [1.54, 1.807) is 0 Å². The number of nitrogens with zero attached hydrogens (tertiary/aromatic N) is 1. The lowest BCUT2D eigenvalue weighted by Crippen LogP contribution is -2.06. The molecule has 0 amide bonds. The van der Waals surface area contributed by atoms with Gasteiger partial charge in [0, 0.05) is 6.21 Å². The molecule has 0 saturated heterocycles. The highest BCUT2D eigenvalue weighted by Gasteiger charge is 2.09. The Balaban J connectivity index is 2.54.